The van der Waals surface area contributed by atoms with E-state index in [1.165, 1.54) is 0 Å². The Bertz CT molecular complexity index is 855. The van der Waals surface area contributed by atoms with Crippen molar-refractivity contribution in [2.24, 2.45) is 11.8 Å². The molecule has 2 aromatic rings. The monoisotopic (exact) mass is 322 g/mol. The van der Waals surface area contributed by atoms with E-state index in [0.717, 1.165) is 22.3 Å². The molecule has 1 N–H and O–H groups in total. The maximum absolute atomic E-state index is 12.4. The van der Waals surface area contributed by atoms with E-state index in [1.54, 1.807) is 12.1 Å². The molecular formula is C20H18O4. The van der Waals surface area contributed by atoms with Crippen LogP contribution in [0.2, 0.25) is 0 Å². The number of hydrogen-bond acceptors (Lipinski definition) is 4. The second-order valence-corrected chi connectivity index (χ2v) is 6.78. The molecular weight excluding hydrogens is 304 g/mol. The number of aryl methyl sites for hydroxylation is 2. The molecule has 1 aliphatic heterocycles. The summed E-state index contributed by atoms with van der Waals surface area (Å²) in [5.41, 5.74) is 2.68. The molecule has 2 aliphatic rings. The Kier molecular flexibility index (Phi) is 3.15. The molecule has 1 heterocycles. The number of ether oxygens (including phenoxy) is 1. The van der Waals surface area contributed by atoms with Crippen LogP contribution in [0.4, 0.5) is 0 Å². The topological polar surface area (TPSA) is 63.6 Å². The zero-order valence-corrected chi connectivity index (χ0v) is 13.6. The number of carbonyl (C=O) groups is 2. The van der Waals surface area contributed by atoms with Crippen molar-refractivity contribution in [2.75, 3.05) is 0 Å². The summed E-state index contributed by atoms with van der Waals surface area (Å²) in [5, 5.41) is 11.8. The van der Waals surface area contributed by atoms with Crippen molar-refractivity contribution < 1.29 is 19.4 Å². The molecule has 24 heavy (non-hydrogen) atoms. The fourth-order valence-corrected chi connectivity index (χ4v) is 4.37. The molecule has 0 spiro atoms. The van der Waals surface area contributed by atoms with Gasteiger partial charge in [0, 0.05) is 0 Å². The van der Waals surface area contributed by atoms with Crippen LogP contribution in [0.5, 0.6) is 0 Å². The van der Waals surface area contributed by atoms with Crippen LogP contribution in [0.15, 0.2) is 42.5 Å². The SMILES string of the molecule is Cc1cc(C)c2c(c1)C[C@H]1C(=O)OC(=O)[C@H]1[C@]2(O)c1ccccc1. The molecule has 0 bridgehead atoms. The molecule has 1 aliphatic carbocycles. The highest BCUT2D eigenvalue weighted by atomic mass is 16.6. The molecule has 0 radical (unpaired) electrons. The number of benzene rings is 2. The molecule has 0 amide bonds. The molecule has 0 unspecified atom stereocenters. The average molecular weight is 322 g/mol. The third-order valence-corrected chi connectivity index (χ3v) is 5.21. The Morgan fingerprint density at radius 1 is 1.08 bits per heavy atom. The predicted octanol–water partition coefficient (Wildman–Crippen LogP) is 2.41. The second kappa shape index (κ2) is 5.02. The van der Waals surface area contributed by atoms with E-state index in [4.69, 9.17) is 4.74 Å². The number of cyclic esters (lactones) is 2. The number of rotatable bonds is 1. The molecule has 4 heteroatoms. The van der Waals surface area contributed by atoms with Gasteiger partial charge in [0.2, 0.25) is 0 Å². The zero-order chi connectivity index (χ0) is 17.1. The van der Waals surface area contributed by atoms with Crippen LogP contribution in [-0.4, -0.2) is 17.0 Å². The van der Waals surface area contributed by atoms with Gasteiger partial charge in [-0.3, -0.25) is 9.59 Å². The second-order valence-electron chi connectivity index (χ2n) is 6.78. The van der Waals surface area contributed by atoms with Crippen LogP contribution in [0.3, 0.4) is 0 Å². The van der Waals surface area contributed by atoms with E-state index in [-0.39, 0.29) is 0 Å². The predicted molar refractivity (Wildman–Crippen MR) is 87.1 cm³/mol. The minimum absolute atomic E-state index is 0.419. The van der Waals surface area contributed by atoms with E-state index in [0.29, 0.717) is 12.0 Å². The third-order valence-electron chi connectivity index (χ3n) is 5.21. The summed E-state index contributed by atoms with van der Waals surface area (Å²) in [6.07, 6.45) is 0.419. The largest absolute Gasteiger partial charge is 0.393 e. The summed E-state index contributed by atoms with van der Waals surface area (Å²) in [6.45, 7) is 3.92. The number of carbonyl (C=O) groups excluding carboxylic acids is 2. The van der Waals surface area contributed by atoms with Crippen molar-refractivity contribution in [2.45, 2.75) is 25.9 Å². The molecule has 4 nitrogen and oxygen atoms in total. The van der Waals surface area contributed by atoms with Gasteiger partial charge in [-0.05, 0) is 42.5 Å². The molecule has 1 fully saturated rings. The van der Waals surface area contributed by atoms with Gasteiger partial charge in [0.1, 0.15) is 11.5 Å². The first kappa shape index (κ1) is 15.1. The summed E-state index contributed by atoms with van der Waals surface area (Å²) in [7, 11) is 0. The van der Waals surface area contributed by atoms with Crippen LogP contribution in [0.1, 0.15) is 27.8 Å². The van der Waals surface area contributed by atoms with Crippen molar-refractivity contribution in [3.8, 4) is 0 Å². The highest BCUT2D eigenvalue weighted by molar-refractivity contribution is 5.98. The lowest BCUT2D eigenvalue weighted by atomic mass is 9.63. The quantitative estimate of drug-likeness (QED) is 0.647. The van der Waals surface area contributed by atoms with E-state index in [1.807, 2.05) is 44.2 Å². The summed E-state index contributed by atoms with van der Waals surface area (Å²) < 4.78 is 4.89. The lowest BCUT2D eigenvalue weighted by molar-refractivity contribution is -0.155. The minimum Gasteiger partial charge on any atom is -0.393 e. The number of aliphatic hydroxyl groups is 1. The van der Waals surface area contributed by atoms with Gasteiger partial charge in [-0.25, -0.2) is 0 Å². The Hall–Kier alpha value is -2.46. The van der Waals surface area contributed by atoms with Crippen molar-refractivity contribution in [3.63, 3.8) is 0 Å². The summed E-state index contributed by atoms with van der Waals surface area (Å²) in [4.78, 5) is 24.6. The Balaban J connectivity index is 2.05. The van der Waals surface area contributed by atoms with Gasteiger partial charge in [-0.2, -0.15) is 0 Å². The van der Waals surface area contributed by atoms with Gasteiger partial charge in [-0.1, -0.05) is 48.0 Å². The van der Waals surface area contributed by atoms with Gasteiger partial charge < -0.3 is 9.84 Å². The summed E-state index contributed by atoms with van der Waals surface area (Å²) >= 11 is 0. The Morgan fingerprint density at radius 2 is 1.79 bits per heavy atom. The fraction of sp³-hybridized carbons (Fsp3) is 0.300. The molecule has 1 saturated heterocycles. The minimum atomic E-state index is -1.56. The van der Waals surface area contributed by atoms with E-state index in [9.17, 15) is 14.7 Å². The molecule has 0 saturated carbocycles. The molecule has 3 atom stereocenters. The van der Waals surface area contributed by atoms with E-state index < -0.39 is 29.4 Å². The highest BCUT2D eigenvalue weighted by Crippen LogP contribution is 2.51. The first-order chi connectivity index (χ1) is 11.4. The zero-order valence-electron chi connectivity index (χ0n) is 13.6. The smallest absolute Gasteiger partial charge is 0.321 e. The molecule has 0 aromatic heterocycles. The van der Waals surface area contributed by atoms with Crippen LogP contribution >= 0.6 is 0 Å². The summed E-state index contributed by atoms with van der Waals surface area (Å²) in [6, 6.07) is 13.1. The van der Waals surface area contributed by atoms with E-state index >= 15 is 0 Å². The van der Waals surface area contributed by atoms with Gasteiger partial charge in [0.25, 0.3) is 0 Å². The van der Waals surface area contributed by atoms with E-state index in [2.05, 4.69) is 0 Å². The van der Waals surface area contributed by atoms with Gasteiger partial charge in [0.15, 0.2) is 0 Å². The number of hydrogen-bond donors (Lipinski definition) is 1. The van der Waals surface area contributed by atoms with Crippen LogP contribution in [-0.2, 0) is 26.3 Å². The van der Waals surface area contributed by atoms with Gasteiger partial charge in [-0.15, -0.1) is 0 Å². The first-order valence-electron chi connectivity index (χ1n) is 8.07. The van der Waals surface area contributed by atoms with Crippen LogP contribution in [0.25, 0.3) is 0 Å². The average Bonchev–Trinajstić information content (AvgIpc) is 2.82. The normalized spacial score (nSPS) is 28.3. The van der Waals surface area contributed by atoms with Gasteiger partial charge >= 0.3 is 11.9 Å². The Morgan fingerprint density at radius 3 is 2.50 bits per heavy atom. The highest BCUT2D eigenvalue weighted by Gasteiger charge is 2.60. The van der Waals surface area contributed by atoms with Crippen LogP contribution < -0.4 is 0 Å². The standard InChI is InChI=1S/C20H18O4/c1-11-8-12(2)16-13(9-11)10-15-17(19(22)24-18(15)21)20(16,23)14-6-4-3-5-7-14/h3-9,15,17,23H,10H2,1-2H3/t15-,17+,20+/m1/s1. The van der Waals surface area contributed by atoms with Crippen LogP contribution in [0, 0.1) is 25.7 Å². The van der Waals surface area contributed by atoms with Crippen molar-refractivity contribution in [1.29, 1.82) is 0 Å². The fourth-order valence-electron chi connectivity index (χ4n) is 4.37. The van der Waals surface area contributed by atoms with Crippen molar-refractivity contribution in [3.05, 3.63) is 70.3 Å². The lowest BCUT2D eigenvalue weighted by Gasteiger charge is -2.41. The third kappa shape index (κ3) is 1.89. The maximum Gasteiger partial charge on any atom is 0.321 e. The van der Waals surface area contributed by atoms with Crippen molar-refractivity contribution in [1.82, 2.24) is 0 Å². The number of fused-ring (bicyclic) bond motifs is 2. The van der Waals surface area contributed by atoms with Crippen molar-refractivity contribution >= 4 is 11.9 Å². The summed E-state index contributed by atoms with van der Waals surface area (Å²) in [5.74, 6) is -2.72. The molecule has 4 rings (SSSR count). The molecule has 122 valence electrons. The lowest BCUT2D eigenvalue weighted by Crippen LogP contribution is -2.47. The number of esters is 2. The molecule has 2 aromatic carbocycles. The first-order valence-corrected chi connectivity index (χ1v) is 8.07. The maximum atomic E-state index is 12.4. The Labute approximate surface area is 140 Å². The van der Waals surface area contributed by atoms with Gasteiger partial charge in [0.05, 0.1) is 5.92 Å².